The van der Waals surface area contributed by atoms with E-state index in [2.05, 4.69) is 30.2 Å². The summed E-state index contributed by atoms with van der Waals surface area (Å²) >= 11 is 6.62. The summed E-state index contributed by atoms with van der Waals surface area (Å²) in [6.45, 7) is 10.8. The van der Waals surface area contributed by atoms with Crippen LogP contribution in [0, 0.1) is 24.2 Å². The van der Waals surface area contributed by atoms with E-state index in [0.717, 1.165) is 12.0 Å². The van der Waals surface area contributed by atoms with Gasteiger partial charge in [-0.15, -0.1) is 0 Å². The van der Waals surface area contributed by atoms with Gasteiger partial charge in [0.25, 0.3) is 0 Å². The topological polar surface area (TPSA) is 163 Å². The lowest BCUT2D eigenvalue weighted by atomic mass is 9.61. The molecule has 10 nitrogen and oxygen atoms in total. The number of ether oxygens (including phenoxy) is 1. The van der Waals surface area contributed by atoms with Gasteiger partial charge in [-0.2, -0.15) is 0 Å². The molecule has 44 heavy (non-hydrogen) atoms. The zero-order valence-electron chi connectivity index (χ0n) is 26.4. The van der Waals surface area contributed by atoms with E-state index in [1.807, 2.05) is 26.0 Å². The van der Waals surface area contributed by atoms with Crippen molar-refractivity contribution >= 4 is 41.4 Å². The monoisotopic (exact) mass is 632 g/mol. The van der Waals surface area contributed by atoms with Gasteiger partial charge >= 0.3 is 11.9 Å². The number of carbonyl (C=O) groups excluding carboxylic acids is 2. The third kappa shape index (κ3) is 9.67. The maximum Gasteiger partial charge on any atom is 0.341 e. The lowest BCUT2D eigenvalue weighted by Gasteiger charge is -2.42. The number of rotatable bonds is 15. The fourth-order valence-corrected chi connectivity index (χ4v) is 5.59. The van der Waals surface area contributed by atoms with Crippen molar-refractivity contribution in [1.29, 1.82) is 0 Å². The molecule has 0 aromatic heterocycles. The number of aliphatic carboxylic acids is 2. The van der Waals surface area contributed by atoms with Gasteiger partial charge in [0.2, 0.25) is 5.91 Å². The predicted octanol–water partition coefficient (Wildman–Crippen LogP) is 5.68. The van der Waals surface area contributed by atoms with Crippen LogP contribution in [0.3, 0.4) is 0 Å². The summed E-state index contributed by atoms with van der Waals surface area (Å²) in [5.41, 5.74) is 1.76. The highest BCUT2D eigenvalue weighted by atomic mass is 35.5. The number of aromatic hydroxyl groups is 1. The molecular formula is C33H45ClN2O8. The molecule has 0 saturated heterocycles. The largest absolute Gasteiger partial charge is 0.507 e. The minimum absolute atomic E-state index is 0.0824. The van der Waals surface area contributed by atoms with E-state index in [4.69, 9.17) is 16.3 Å². The van der Waals surface area contributed by atoms with Crippen molar-refractivity contribution < 1.29 is 39.2 Å². The number of benzene rings is 1. The first kappa shape index (κ1) is 36.5. The predicted molar refractivity (Wildman–Crippen MR) is 170 cm³/mol. The standard InChI is InChI=1S/C33H45ClN2O8/c1-19(14-15-33(6)20(2)11-13-27(38)22(33)4)10-12-24-30(41)25(21(3)29(34)31(24)44-18-28(39)40)17-35-16-8-7-9-26(32(42)43)36-23(5)37/h10,14-15,17,20,22,26,41H,7-9,11-13,16,18H2,1-6H3,(H,36,37)(H,39,40)(H,42,43)/b15-14+,19-10+,35-17?/t20-,22+,26+,33+/m1/s1. The molecule has 11 heteroatoms. The van der Waals surface area contributed by atoms with E-state index in [-0.39, 0.29) is 46.5 Å². The summed E-state index contributed by atoms with van der Waals surface area (Å²) in [5, 5.41) is 32.3. The number of ketones is 1. The Bertz CT molecular complexity index is 1340. The van der Waals surface area contributed by atoms with Gasteiger partial charge in [-0.3, -0.25) is 14.6 Å². The van der Waals surface area contributed by atoms with Gasteiger partial charge in [-0.1, -0.05) is 56.2 Å². The maximum absolute atomic E-state index is 12.4. The Morgan fingerprint density at radius 2 is 1.89 bits per heavy atom. The van der Waals surface area contributed by atoms with Crippen LogP contribution in [0.2, 0.25) is 5.02 Å². The number of carbonyl (C=O) groups is 4. The van der Waals surface area contributed by atoms with Crippen LogP contribution in [0.25, 0.3) is 0 Å². The molecule has 1 aromatic rings. The smallest absolute Gasteiger partial charge is 0.341 e. The number of Topliss-reactive ketones (excluding diaryl/α,β-unsaturated/α-hetero) is 1. The number of carboxylic acids is 2. The molecule has 0 aliphatic heterocycles. The second-order valence-electron chi connectivity index (χ2n) is 11.8. The van der Waals surface area contributed by atoms with Crippen LogP contribution in [-0.2, 0) is 25.6 Å². The molecule has 1 aromatic carbocycles. The summed E-state index contributed by atoms with van der Waals surface area (Å²) < 4.78 is 5.52. The molecule has 1 fully saturated rings. The van der Waals surface area contributed by atoms with Crippen LogP contribution < -0.4 is 10.1 Å². The van der Waals surface area contributed by atoms with Crippen molar-refractivity contribution in [3.05, 3.63) is 45.5 Å². The summed E-state index contributed by atoms with van der Waals surface area (Å²) in [6, 6.07) is -0.964. The van der Waals surface area contributed by atoms with Crippen molar-refractivity contribution in [2.24, 2.45) is 22.2 Å². The number of allylic oxidation sites excluding steroid dienone is 4. The Balaban J connectivity index is 2.28. The fourth-order valence-electron chi connectivity index (χ4n) is 5.32. The Kier molecular flexibility index (Phi) is 13.6. The molecule has 4 N–H and O–H groups in total. The molecule has 1 amide bonds. The fraction of sp³-hybridized carbons (Fsp3) is 0.545. The lowest BCUT2D eigenvalue weighted by molar-refractivity contribution is -0.141. The summed E-state index contributed by atoms with van der Waals surface area (Å²) in [6.07, 6.45) is 10.4. The Morgan fingerprint density at radius 3 is 2.50 bits per heavy atom. The molecule has 2 rings (SSSR count). The number of aliphatic imine (C=N–C) groups is 1. The molecule has 4 atom stereocenters. The van der Waals surface area contributed by atoms with E-state index in [1.165, 1.54) is 13.1 Å². The number of unbranched alkanes of at least 4 members (excludes halogenated alkanes) is 1. The van der Waals surface area contributed by atoms with Crippen molar-refractivity contribution in [3.8, 4) is 11.5 Å². The highest BCUT2D eigenvalue weighted by Crippen LogP contribution is 2.45. The van der Waals surface area contributed by atoms with E-state index < -0.39 is 30.5 Å². The SMILES string of the molecule is CC(=O)N[C@@H](CCCCN=Cc1c(C)c(Cl)c(OCC(=O)O)c(C/C=C(C)/C=C/[C@@]2(C)[C@H](C)CCC(=O)[C@@H]2C)c1O)C(=O)O. The van der Waals surface area contributed by atoms with Crippen LogP contribution in [0.1, 0.15) is 83.4 Å². The van der Waals surface area contributed by atoms with Crippen molar-refractivity contribution in [1.82, 2.24) is 5.32 Å². The van der Waals surface area contributed by atoms with Crippen LogP contribution in [0.4, 0.5) is 0 Å². The number of nitrogens with zero attached hydrogens (tertiary/aromatic N) is 1. The number of amides is 1. The second-order valence-corrected chi connectivity index (χ2v) is 12.2. The molecule has 0 unspecified atom stereocenters. The molecule has 242 valence electrons. The number of carboxylic acid groups (broad SMARTS) is 2. The van der Waals surface area contributed by atoms with Crippen molar-refractivity contribution in [2.45, 2.75) is 86.1 Å². The average Bonchev–Trinajstić information content (AvgIpc) is 2.95. The van der Waals surface area contributed by atoms with Gasteiger partial charge in [0.05, 0.1) is 5.02 Å². The number of phenolic OH excluding ortho intramolecular Hbond substituents is 1. The number of halogens is 1. The second kappa shape index (κ2) is 16.4. The molecule has 0 bridgehead atoms. The summed E-state index contributed by atoms with van der Waals surface area (Å²) in [5.74, 6) is -2.24. The molecule has 0 heterocycles. The van der Waals surface area contributed by atoms with E-state index in [9.17, 15) is 34.5 Å². The van der Waals surface area contributed by atoms with Crippen molar-refractivity contribution in [2.75, 3.05) is 13.2 Å². The number of phenols is 1. The van der Waals surface area contributed by atoms with Crippen molar-refractivity contribution in [3.63, 3.8) is 0 Å². The Hall–Kier alpha value is -3.66. The van der Waals surface area contributed by atoms with Crippen LogP contribution >= 0.6 is 11.6 Å². The van der Waals surface area contributed by atoms with Gasteiger partial charge in [-0.05, 0) is 62.8 Å². The quantitative estimate of drug-likeness (QED) is 0.109. The third-order valence-electron chi connectivity index (χ3n) is 8.65. The zero-order valence-corrected chi connectivity index (χ0v) is 27.2. The zero-order chi connectivity index (χ0) is 33.2. The number of hydrogen-bond acceptors (Lipinski definition) is 7. The van der Waals surface area contributed by atoms with Gasteiger partial charge in [0, 0.05) is 43.1 Å². The highest BCUT2D eigenvalue weighted by molar-refractivity contribution is 6.33. The third-order valence-corrected chi connectivity index (χ3v) is 9.10. The average molecular weight is 633 g/mol. The van der Waals surface area contributed by atoms with E-state index in [0.29, 0.717) is 48.4 Å². The Labute approximate surface area is 264 Å². The van der Waals surface area contributed by atoms with E-state index in [1.54, 1.807) is 6.92 Å². The first-order chi connectivity index (χ1) is 20.6. The van der Waals surface area contributed by atoms with Crippen LogP contribution in [0.15, 0.2) is 28.8 Å². The first-order valence-electron chi connectivity index (χ1n) is 14.9. The van der Waals surface area contributed by atoms with Gasteiger partial charge in [-0.25, -0.2) is 9.59 Å². The summed E-state index contributed by atoms with van der Waals surface area (Å²) in [7, 11) is 0. The van der Waals surface area contributed by atoms with E-state index >= 15 is 0 Å². The minimum Gasteiger partial charge on any atom is -0.507 e. The molecular weight excluding hydrogens is 588 g/mol. The molecule has 1 aliphatic rings. The van der Waals surface area contributed by atoms with Crippen LogP contribution in [-0.4, -0.2) is 64.4 Å². The van der Waals surface area contributed by atoms with Gasteiger partial charge < -0.3 is 25.4 Å². The molecule has 0 spiro atoms. The first-order valence-corrected chi connectivity index (χ1v) is 15.2. The number of hydrogen-bond donors (Lipinski definition) is 4. The summed E-state index contributed by atoms with van der Waals surface area (Å²) in [4.78, 5) is 50.6. The molecule has 0 radical (unpaired) electrons. The normalized spacial score (nSPS) is 21.5. The minimum atomic E-state index is -1.19. The number of nitrogens with one attached hydrogen (secondary N) is 1. The van der Waals surface area contributed by atoms with Gasteiger partial charge in [0.1, 0.15) is 23.3 Å². The highest BCUT2D eigenvalue weighted by Gasteiger charge is 2.41. The van der Waals surface area contributed by atoms with Crippen LogP contribution in [0.5, 0.6) is 11.5 Å². The van der Waals surface area contributed by atoms with Gasteiger partial charge in [0.15, 0.2) is 6.61 Å². The molecule has 1 aliphatic carbocycles. The molecule has 1 saturated carbocycles. The Morgan fingerprint density at radius 1 is 1.20 bits per heavy atom. The lowest BCUT2D eigenvalue weighted by Crippen LogP contribution is -2.40. The maximum atomic E-state index is 12.4.